The number of rotatable bonds is 7. The molecule has 0 aromatic heterocycles. The van der Waals surface area contributed by atoms with Crippen LogP contribution in [0.5, 0.6) is 0 Å². The van der Waals surface area contributed by atoms with Gasteiger partial charge in [-0.15, -0.1) is 6.58 Å². The largest absolute Gasteiger partial charge is 0.370 e. The molecule has 1 aliphatic carbocycles. The van der Waals surface area contributed by atoms with E-state index in [9.17, 15) is 0 Å². The van der Waals surface area contributed by atoms with Gasteiger partial charge in [0.05, 0.1) is 0 Å². The van der Waals surface area contributed by atoms with Gasteiger partial charge < -0.3 is 4.90 Å². The number of nitrogens with zero attached hydrogens (tertiary/aromatic N) is 1. The Morgan fingerprint density at radius 3 is 2.45 bits per heavy atom. The molecule has 0 heterocycles. The molecule has 1 aliphatic rings. The van der Waals surface area contributed by atoms with Crippen molar-refractivity contribution in [3.63, 3.8) is 0 Å². The van der Waals surface area contributed by atoms with E-state index in [2.05, 4.69) is 112 Å². The summed E-state index contributed by atoms with van der Waals surface area (Å²) in [5.74, 6) is 0.280. The first-order valence-electron chi connectivity index (χ1n) is 10.6. The SMILES string of the molecule is C=CC(C)/C(C1=CC=CCC1)=C(\c1ccccc1C)N(C)Cc1ccc(C)cc1. The van der Waals surface area contributed by atoms with Crippen LogP contribution in [0.3, 0.4) is 0 Å². The highest BCUT2D eigenvalue weighted by atomic mass is 15.1. The fraction of sp³-hybridized carbons (Fsp3) is 0.286. The summed E-state index contributed by atoms with van der Waals surface area (Å²) in [7, 11) is 2.22. The molecule has 0 spiro atoms. The monoisotopic (exact) mass is 383 g/mol. The van der Waals surface area contributed by atoms with E-state index in [1.807, 2.05) is 0 Å². The first-order chi connectivity index (χ1) is 14.0. The number of aryl methyl sites for hydroxylation is 2. The average molecular weight is 384 g/mol. The summed E-state index contributed by atoms with van der Waals surface area (Å²) < 4.78 is 0. The highest BCUT2D eigenvalue weighted by Gasteiger charge is 2.22. The second-order valence-electron chi connectivity index (χ2n) is 8.10. The predicted octanol–water partition coefficient (Wildman–Crippen LogP) is 7.25. The summed E-state index contributed by atoms with van der Waals surface area (Å²) >= 11 is 0. The van der Waals surface area contributed by atoms with Gasteiger partial charge in [-0.05, 0) is 49.0 Å². The molecule has 0 aliphatic heterocycles. The Morgan fingerprint density at radius 1 is 1.10 bits per heavy atom. The number of allylic oxidation sites excluding steroid dienone is 6. The molecule has 0 saturated carbocycles. The Balaban J connectivity index is 2.17. The van der Waals surface area contributed by atoms with E-state index in [-0.39, 0.29) is 5.92 Å². The number of hydrogen-bond acceptors (Lipinski definition) is 1. The van der Waals surface area contributed by atoms with Gasteiger partial charge >= 0.3 is 0 Å². The Bertz CT molecular complexity index is 941. The van der Waals surface area contributed by atoms with Crippen molar-refractivity contribution in [2.75, 3.05) is 7.05 Å². The minimum atomic E-state index is 0.280. The standard InChI is InChI=1S/C28H33N/c1-6-22(3)27(25-13-8-7-9-14-25)28(26-15-11-10-12-23(26)4)29(5)20-24-18-16-21(2)17-19-24/h6-8,10-13,15-19,22H,1,9,14,20H2,2-5H3/b28-27-. The second-order valence-corrected chi connectivity index (χ2v) is 8.10. The second kappa shape index (κ2) is 9.60. The molecule has 0 saturated heterocycles. The van der Waals surface area contributed by atoms with Crippen LogP contribution in [0.1, 0.15) is 42.0 Å². The molecule has 0 N–H and O–H groups in total. The maximum absolute atomic E-state index is 4.13. The quantitative estimate of drug-likeness (QED) is 0.455. The lowest BCUT2D eigenvalue weighted by atomic mass is 9.84. The molecule has 0 bridgehead atoms. The van der Waals surface area contributed by atoms with Crippen LogP contribution < -0.4 is 0 Å². The molecule has 1 heteroatoms. The first-order valence-corrected chi connectivity index (χ1v) is 10.6. The van der Waals surface area contributed by atoms with Gasteiger partial charge in [0.2, 0.25) is 0 Å². The van der Waals surface area contributed by atoms with Gasteiger partial charge in [0.15, 0.2) is 0 Å². The van der Waals surface area contributed by atoms with Gasteiger partial charge in [-0.3, -0.25) is 0 Å². The van der Waals surface area contributed by atoms with Crippen molar-refractivity contribution in [3.05, 3.63) is 113 Å². The van der Waals surface area contributed by atoms with Gasteiger partial charge in [-0.1, -0.05) is 85.3 Å². The third kappa shape index (κ3) is 4.98. The van der Waals surface area contributed by atoms with Crippen LogP contribution >= 0.6 is 0 Å². The van der Waals surface area contributed by atoms with Crippen molar-refractivity contribution in [3.8, 4) is 0 Å². The molecule has 1 atom stereocenters. The van der Waals surface area contributed by atoms with Gasteiger partial charge in [0.25, 0.3) is 0 Å². The Kier molecular flexibility index (Phi) is 6.93. The molecule has 1 nitrogen and oxygen atoms in total. The smallest absolute Gasteiger partial charge is 0.0484 e. The maximum Gasteiger partial charge on any atom is 0.0484 e. The van der Waals surface area contributed by atoms with Gasteiger partial charge in [0, 0.05) is 30.8 Å². The third-order valence-electron chi connectivity index (χ3n) is 5.75. The van der Waals surface area contributed by atoms with E-state index in [4.69, 9.17) is 0 Å². The van der Waals surface area contributed by atoms with Crippen LogP contribution in [0.15, 0.2) is 90.6 Å². The normalized spacial score (nSPS) is 15.4. The summed E-state index contributed by atoms with van der Waals surface area (Å²) in [5, 5.41) is 0. The number of benzene rings is 2. The van der Waals surface area contributed by atoms with Gasteiger partial charge in [-0.25, -0.2) is 0 Å². The molecule has 3 rings (SSSR count). The third-order valence-corrected chi connectivity index (χ3v) is 5.75. The van der Waals surface area contributed by atoms with Crippen LogP contribution in [0.25, 0.3) is 5.70 Å². The molecule has 1 unspecified atom stereocenters. The van der Waals surface area contributed by atoms with Crippen LogP contribution in [0, 0.1) is 19.8 Å². The molecule has 150 valence electrons. The van der Waals surface area contributed by atoms with Crippen molar-refractivity contribution in [2.45, 2.75) is 40.2 Å². The van der Waals surface area contributed by atoms with Crippen LogP contribution in [0.2, 0.25) is 0 Å². The molecule has 2 aromatic carbocycles. The van der Waals surface area contributed by atoms with E-state index in [1.54, 1.807) is 0 Å². The zero-order valence-electron chi connectivity index (χ0n) is 18.3. The van der Waals surface area contributed by atoms with E-state index in [1.165, 1.54) is 39.1 Å². The van der Waals surface area contributed by atoms with Crippen molar-refractivity contribution >= 4 is 5.70 Å². The minimum Gasteiger partial charge on any atom is -0.370 e. The Labute approximate surface area is 176 Å². The van der Waals surface area contributed by atoms with E-state index < -0.39 is 0 Å². The average Bonchev–Trinajstić information content (AvgIpc) is 2.74. The Morgan fingerprint density at radius 2 is 1.83 bits per heavy atom. The fourth-order valence-corrected chi connectivity index (χ4v) is 4.05. The maximum atomic E-state index is 4.13. The summed E-state index contributed by atoms with van der Waals surface area (Å²) in [5.41, 5.74) is 9.37. The van der Waals surface area contributed by atoms with Gasteiger partial charge in [0.1, 0.15) is 0 Å². The van der Waals surface area contributed by atoms with Crippen molar-refractivity contribution < 1.29 is 0 Å². The summed E-state index contributed by atoms with van der Waals surface area (Å²) in [6.45, 7) is 11.6. The molecule has 0 fully saturated rings. The molecule has 0 amide bonds. The van der Waals surface area contributed by atoms with Gasteiger partial charge in [-0.2, -0.15) is 0 Å². The minimum absolute atomic E-state index is 0.280. The van der Waals surface area contributed by atoms with E-state index in [0.717, 1.165) is 19.4 Å². The predicted molar refractivity (Wildman–Crippen MR) is 127 cm³/mol. The first kappa shape index (κ1) is 20.9. The van der Waals surface area contributed by atoms with Crippen LogP contribution in [-0.2, 0) is 6.54 Å². The molecule has 29 heavy (non-hydrogen) atoms. The van der Waals surface area contributed by atoms with E-state index in [0.29, 0.717) is 0 Å². The lowest BCUT2D eigenvalue weighted by Crippen LogP contribution is -2.21. The summed E-state index contributed by atoms with van der Waals surface area (Å²) in [6, 6.07) is 17.6. The molecule has 2 aromatic rings. The molecular formula is C28H33N. The van der Waals surface area contributed by atoms with E-state index >= 15 is 0 Å². The lowest BCUT2D eigenvalue weighted by molar-refractivity contribution is 0.468. The van der Waals surface area contributed by atoms with Crippen molar-refractivity contribution in [1.82, 2.24) is 4.90 Å². The highest BCUT2D eigenvalue weighted by molar-refractivity contribution is 5.74. The zero-order valence-corrected chi connectivity index (χ0v) is 18.3. The molecular weight excluding hydrogens is 350 g/mol. The van der Waals surface area contributed by atoms with Crippen molar-refractivity contribution in [1.29, 1.82) is 0 Å². The Hall–Kier alpha value is -2.80. The number of hydrogen-bond donors (Lipinski definition) is 0. The highest BCUT2D eigenvalue weighted by Crippen LogP contribution is 2.37. The van der Waals surface area contributed by atoms with Crippen LogP contribution in [0.4, 0.5) is 0 Å². The zero-order chi connectivity index (χ0) is 20.8. The van der Waals surface area contributed by atoms with Crippen molar-refractivity contribution in [2.24, 2.45) is 5.92 Å². The fourth-order valence-electron chi connectivity index (χ4n) is 4.05. The van der Waals surface area contributed by atoms with Crippen LogP contribution in [-0.4, -0.2) is 11.9 Å². The molecule has 0 radical (unpaired) electrons. The summed E-state index contributed by atoms with van der Waals surface area (Å²) in [6.07, 6.45) is 11.0. The topological polar surface area (TPSA) is 3.24 Å². The summed E-state index contributed by atoms with van der Waals surface area (Å²) in [4.78, 5) is 2.42. The lowest BCUT2D eigenvalue weighted by Gasteiger charge is -2.31.